The van der Waals surface area contributed by atoms with Crippen LogP contribution in [0.2, 0.25) is 0 Å². The summed E-state index contributed by atoms with van der Waals surface area (Å²) in [6.45, 7) is 2.85. The molecule has 4 nitrogen and oxygen atoms in total. The van der Waals surface area contributed by atoms with Crippen LogP contribution in [0.25, 0.3) is 0 Å². The van der Waals surface area contributed by atoms with Gasteiger partial charge in [0.15, 0.2) is 11.5 Å². The summed E-state index contributed by atoms with van der Waals surface area (Å²) in [6.07, 6.45) is 1.12. The molecule has 18 heavy (non-hydrogen) atoms. The molecule has 0 bridgehead atoms. The Labute approximate surface area is 117 Å². The second kappa shape index (κ2) is 8.34. The molecule has 1 aromatic rings. The molecule has 0 aliphatic heterocycles. The van der Waals surface area contributed by atoms with E-state index in [-0.39, 0.29) is 0 Å². The van der Waals surface area contributed by atoms with E-state index >= 15 is 0 Å². The number of ether oxygens (including phenoxy) is 2. The number of halogens is 1. The Bertz CT molecular complexity index is 372. The maximum atomic E-state index is 5.31. The lowest BCUT2D eigenvalue weighted by Crippen LogP contribution is -2.19. The zero-order valence-electron chi connectivity index (χ0n) is 11.2. The van der Waals surface area contributed by atoms with Gasteiger partial charge in [-0.1, -0.05) is 0 Å². The van der Waals surface area contributed by atoms with Crippen molar-refractivity contribution in [1.29, 1.82) is 0 Å². The minimum absolute atomic E-state index is 0.733. The summed E-state index contributed by atoms with van der Waals surface area (Å²) in [5, 5.41) is 6.52. The van der Waals surface area contributed by atoms with Gasteiger partial charge in [-0.25, -0.2) is 0 Å². The predicted octanol–water partition coefficient (Wildman–Crippen LogP) is 2.17. The van der Waals surface area contributed by atoms with Crippen LogP contribution in [0.1, 0.15) is 12.0 Å². The molecule has 0 aliphatic carbocycles. The van der Waals surface area contributed by atoms with Crippen molar-refractivity contribution < 1.29 is 9.47 Å². The molecule has 0 radical (unpaired) electrons. The van der Waals surface area contributed by atoms with Crippen LogP contribution >= 0.6 is 15.9 Å². The van der Waals surface area contributed by atoms with E-state index < -0.39 is 0 Å². The average molecular weight is 317 g/mol. The maximum absolute atomic E-state index is 5.31. The highest BCUT2D eigenvalue weighted by Gasteiger charge is 2.09. The van der Waals surface area contributed by atoms with Gasteiger partial charge in [-0.05, 0) is 60.2 Å². The normalized spacial score (nSPS) is 10.4. The molecule has 0 aromatic heterocycles. The van der Waals surface area contributed by atoms with Crippen molar-refractivity contribution in [3.8, 4) is 11.5 Å². The van der Waals surface area contributed by atoms with Crippen molar-refractivity contribution in [3.05, 3.63) is 22.2 Å². The fourth-order valence-electron chi connectivity index (χ4n) is 1.70. The highest BCUT2D eigenvalue weighted by molar-refractivity contribution is 9.10. The first-order valence-corrected chi connectivity index (χ1v) is 6.78. The van der Waals surface area contributed by atoms with Crippen molar-refractivity contribution in [1.82, 2.24) is 10.6 Å². The van der Waals surface area contributed by atoms with Gasteiger partial charge in [0, 0.05) is 6.54 Å². The Morgan fingerprint density at radius 1 is 1.17 bits per heavy atom. The van der Waals surface area contributed by atoms with Gasteiger partial charge in [-0.3, -0.25) is 0 Å². The van der Waals surface area contributed by atoms with Crippen LogP contribution in [-0.4, -0.2) is 34.4 Å². The summed E-state index contributed by atoms with van der Waals surface area (Å²) >= 11 is 3.49. The van der Waals surface area contributed by atoms with Crippen LogP contribution in [0, 0.1) is 0 Å². The van der Waals surface area contributed by atoms with Gasteiger partial charge in [0.1, 0.15) is 0 Å². The van der Waals surface area contributed by atoms with Gasteiger partial charge >= 0.3 is 0 Å². The molecule has 0 atom stereocenters. The molecule has 0 spiro atoms. The second-order valence-electron chi connectivity index (χ2n) is 3.95. The Balaban J connectivity index is 2.58. The van der Waals surface area contributed by atoms with Gasteiger partial charge in [-0.2, -0.15) is 0 Å². The summed E-state index contributed by atoms with van der Waals surface area (Å²) in [4.78, 5) is 0. The lowest BCUT2D eigenvalue weighted by atomic mass is 10.2. The summed E-state index contributed by atoms with van der Waals surface area (Å²) < 4.78 is 11.5. The molecule has 0 unspecified atom stereocenters. The third kappa shape index (κ3) is 4.48. The average Bonchev–Trinajstić information content (AvgIpc) is 2.37. The monoisotopic (exact) mass is 316 g/mol. The summed E-state index contributed by atoms with van der Waals surface area (Å²) in [5.74, 6) is 1.48. The molecule has 0 saturated carbocycles. The molecule has 1 aromatic carbocycles. The third-order valence-corrected chi connectivity index (χ3v) is 3.19. The van der Waals surface area contributed by atoms with Gasteiger partial charge in [0.05, 0.1) is 18.7 Å². The van der Waals surface area contributed by atoms with Crippen LogP contribution in [0.15, 0.2) is 16.6 Å². The minimum atomic E-state index is 0.733. The molecule has 2 N–H and O–H groups in total. The first-order chi connectivity index (χ1) is 8.72. The lowest BCUT2D eigenvalue weighted by Gasteiger charge is -2.12. The van der Waals surface area contributed by atoms with Crippen LogP contribution in [-0.2, 0) is 6.54 Å². The van der Waals surface area contributed by atoms with Gasteiger partial charge in [0.2, 0.25) is 0 Å². The first kappa shape index (κ1) is 15.3. The molecule has 0 aliphatic rings. The summed E-state index contributed by atoms with van der Waals surface area (Å²) in [7, 11) is 5.25. The molecule has 102 valence electrons. The maximum Gasteiger partial charge on any atom is 0.174 e. The van der Waals surface area contributed by atoms with E-state index in [4.69, 9.17) is 9.47 Å². The van der Waals surface area contributed by atoms with Crippen molar-refractivity contribution in [2.24, 2.45) is 0 Å². The molecule has 0 heterocycles. The van der Waals surface area contributed by atoms with Gasteiger partial charge in [0.25, 0.3) is 0 Å². The highest BCUT2D eigenvalue weighted by atomic mass is 79.9. The zero-order chi connectivity index (χ0) is 13.4. The van der Waals surface area contributed by atoms with E-state index in [0.29, 0.717) is 0 Å². The van der Waals surface area contributed by atoms with Crippen molar-refractivity contribution in [3.63, 3.8) is 0 Å². The zero-order valence-corrected chi connectivity index (χ0v) is 12.8. The quantitative estimate of drug-likeness (QED) is 0.721. The number of benzene rings is 1. The highest BCUT2D eigenvalue weighted by Crippen LogP contribution is 2.36. The lowest BCUT2D eigenvalue weighted by molar-refractivity contribution is 0.352. The largest absolute Gasteiger partial charge is 0.493 e. The fraction of sp³-hybridized carbons (Fsp3) is 0.538. The number of nitrogens with one attached hydrogen (secondary N) is 2. The third-order valence-electron chi connectivity index (χ3n) is 2.60. The van der Waals surface area contributed by atoms with Crippen LogP contribution < -0.4 is 20.1 Å². The van der Waals surface area contributed by atoms with Crippen molar-refractivity contribution >= 4 is 15.9 Å². The van der Waals surface area contributed by atoms with E-state index in [1.165, 1.54) is 5.56 Å². The number of rotatable bonds is 8. The molecule has 5 heteroatoms. The van der Waals surface area contributed by atoms with Crippen LogP contribution in [0.4, 0.5) is 0 Å². The van der Waals surface area contributed by atoms with E-state index in [1.807, 2.05) is 19.2 Å². The Hall–Kier alpha value is -0.780. The van der Waals surface area contributed by atoms with E-state index in [1.54, 1.807) is 14.2 Å². The van der Waals surface area contributed by atoms with Crippen molar-refractivity contribution in [2.75, 3.05) is 34.4 Å². The first-order valence-electron chi connectivity index (χ1n) is 5.98. The topological polar surface area (TPSA) is 42.5 Å². The fourth-order valence-corrected chi connectivity index (χ4v) is 2.35. The van der Waals surface area contributed by atoms with Gasteiger partial charge in [-0.15, -0.1) is 0 Å². The summed E-state index contributed by atoms with van der Waals surface area (Å²) in [6, 6.07) is 4.04. The SMILES string of the molecule is CNCCCNCc1cc(Br)c(OC)c(OC)c1. The van der Waals surface area contributed by atoms with E-state index in [9.17, 15) is 0 Å². The van der Waals surface area contributed by atoms with Crippen LogP contribution in [0.5, 0.6) is 11.5 Å². The number of hydrogen-bond acceptors (Lipinski definition) is 4. The second-order valence-corrected chi connectivity index (χ2v) is 4.80. The molecular weight excluding hydrogens is 296 g/mol. The number of methoxy groups -OCH3 is 2. The molecule has 1 rings (SSSR count). The Morgan fingerprint density at radius 3 is 2.56 bits per heavy atom. The van der Waals surface area contributed by atoms with Crippen LogP contribution in [0.3, 0.4) is 0 Å². The summed E-state index contributed by atoms with van der Waals surface area (Å²) in [5.41, 5.74) is 1.17. The Kier molecular flexibility index (Phi) is 7.08. The standard InChI is InChI=1S/C13H21BrN2O2/c1-15-5-4-6-16-9-10-7-11(14)13(18-3)12(8-10)17-2/h7-8,15-16H,4-6,9H2,1-3H3. The Morgan fingerprint density at radius 2 is 1.94 bits per heavy atom. The molecular formula is C13H21BrN2O2. The van der Waals surface area contributed by atoms with Gasteiger partial charge < -0.3 is 20.1 Å². The van der Waals surface area contributed by atoms with Crippen molar-refractivity contribution in [2.45, 2.75) is 13.0 Å². The molecule has 0 saturated heterocycles. The predicted molar refractivity (Wildman–Crippen MR) is 77.5 cm³/mol. The molecule has 0 fully saturated rings. The smallest absolute Gasteiger partial charge is 0.174 e. The van der Waals surface area contributed by atoms with E-state index in [0.717, 1.165) is 42.0 Å². The van der Waals surface area contributed by atoms with E-state index in [2.05, 4.69) is 26.6 Å². The number of hydrogen-bond donors (Lipinski definition) is 2. The minimum Gasteiger partial charge on any atom is -0.493 e. The molecule has 0 amide bonds.